The van der Waals surface area contributed by atoms with Crippen molar-refractivity contribution in [2.24, 2.45) is 0 Å². The van der Waals surface area contributed by atoms with Crippen LogP contribution >= 0.6 is 0 Å². The Kier molecular flexibility index (Phi) is 10.6. The number of hydrogen-bond donors (Lipinski definition) is 0. The van der Waals surface area contributed by atoms with E-state index in [2.05, 4.69) is 225 Å². The van der Waals surface area contributed by atoms with Gasteiger partial charge < -0.3 is 4.74 Å². The predicted octanol–water partition coefficient (Wildman–Crippen LogP) is 14.5. The number of rotatable bonds is 9. The molecule has 0 fully saturated rings. The van der Waals surface area contributed by atoms with Crippen LogP contribution in [-0.2, 0) is 10.8 Å². The van der Waals surface area contributed by atoms with Crippen LogP contribution in [0.5, 0.6) is 11.5 Å². The van der Waals surface area contributed by atoms with E-state index in [1.54, 1.807) is 0 Å². The Labute approximate surface area is 357 Å². The quantitative estimate of drug-likeness (QED) is 0.108. The monoisotopic (exact) mass is 792 g/mol. The molecule has 0 bridgehead atoms. The lowest BCUT2D eigenvalue weighted by Crippen LogP contribution is -2.28. The molecule has 0 amide bonds. The first-order valence-electron chi connectivity index (χ1n) is 21.6. The van der Waals surface area contributed by atoms with Gasteiger partial charge in [-0.1, -0.05) is 126 Å². The minimum atomic E-state index is -0.112. The molecule has 5 nitrogen and oxygen atoms in total. The van der Waals surface area contributed by atoms with Gasteiger partial charge in [-0.05, 0) is 128 Å². The van der Waals surface area contributed by atoms with Gasteiger partial charge in [0.2, 0.25) is 0 Å². The Morgan fingerprint density at radius 1 is 0.617 bits per heavy atom. The largest absolute Gasteiger partial charge is 0.458 e. The first-order chi connectivity index (χ1) is 28.5. The third kappa shape index (κ3) is 7.90. The van der Waals surface area contributed by atoms with Crippen LogP contribution in [0.4, 0.5) is 0 Å². The topological polar surface area (TPSA) is 35.9 Å². The highest BCUT2D eigenvalue weighted by atomic mass is 16.5. The highest BCUT2D eigenvalue weighted by molar-refractivity contribution is 6.09. The molecule has 3 aromatic heterocycles. The average Bonchev–Trinajstić information content (AvgIpc) is 3.83. The van der Waals surface area contributed by atoms with Crippen LogP contribution in [0.15, 0.2) is 128 Å². The van der Waals surface area contributed by atoms with Crippen molar-refractivity contribution in [3.63, 3.8) is 0 Å². The minimum Gasteiger partial charge on any atom is -0.458 e. The highest BCUT2D eigenvalue weighted by Crippen LogP contribution is 2.40. The number of para-hydroxylation sites is 1. The Hall–Kier alpha value is -5.94. The molecular weight excluding hydrogens is 733 g/mol. The summed E-state index contributed by atoms with van der Waals surface area (Å²) in [4.78, 5) is 4.88. The number of nitrogens with zero attached hydrogens (tertiary/aromatic N) is 4. The molecule has 8 aromatic rings. The van der Waals surface area contributed by atoms with E-state index in [0.717, 1.165) is 45.1 Å². The van der Waals surface area contributed by atoms with Gasteiger partial charge in [-0.3, -0.25) is 13.7 Å². The molecule has 0 spiro atoms. The van der Waals surface area contributed by atoms with Crippen molar-refractivity contribution >= 4 is 21.8 Å². The molecule has 0 radical (unpaired) electrons. The van der Waals surface area contributed by atoms with Gasteiger partial charge in [0.05, 0.1) is 22.4 Å². The van der Waals surface area contributed by atoms with Crippen molar-refractivity contribution in [1.29, 1.82) is 0 Å². The van der Waals surface area contributed by atoms with Crippen molar-refractivity contribution in [1.82, 2.24) is 14.1 Å². The normalized spacial score (nSPS) is 12.4. The number of pyridine rings is 1. The van der Waals surface area contributed by atoms with E-state index in [4.69, 9.17) is 9.72 Å². The summed E-state index contributed by atoms with van der Waals surface area (Å²) in [7, 11) is 0. The fraction of sp³-hybridized carbons (Fsp3) is 0.309. The maximum Gasteiger partial charge on any atom is 0.268 e. The third-order valence-corrected chi connectivity index (χ3v) is 11.9. The molecule has 0 aliphatic rings. The molecule has 0 unspecified atom stereocenters. The van der Waals surface area contributed by atoms with E-state index >= 15 is 0 Å². The fourth-order valence-corrected chi connectivity index (χ4v) is 8.32. The number of imidazole rings is 1. The van der Waals surface area contributed by atoms with Crippen LogP contribution in [-0.4, -0.2) is 14.1 Å². The molecule has 0 saturated carbocycles. The summed E-state index contributed by atoms with van der Waals surface area (Å²) in [5, 5.41) is 2.35. The number of benzene rings is 5. The van der Waals surface area contributed by atoms with Crippen LogP contribution < -0.4 is 9.30 Å². The summed E-state index contributed by atoms with van der Waals surface area (Å²) in [6, 6.07) is 39.6. The molecule has 3 heterocycles. The fourth-order valence-electron chi connectivity index (χ4n) is 8.32. The zero-order valence-electron chi connectivity index (χ0n) is 37.6. The van der Waals surface area contributed by atoms with E-state index in [-0.39, 0.29) is 10.8 Å². The van der Waals surface area contributed by atoms with Crippen LogP contribution in [0.3, 0.4) is 0 Å². The summed E-state index contributed by atoms with van der Waals surface area (Å²) >= 11 is 0. The molecule has 60 heavy (non-hydrogen) atoms. The van der Waals surface area contributed by atoms with Gasteiger partial charge in [0.15, 0.2) is 0 Å². The molecule has 0 aliphatic heterocycles. The van der Waals surface area contributed by atoms with Gasteiger partial charge in [0, 0.05) is 35.4 Å². The standard InChI is InChI=1S/C55H60N4O/c1-35(2)39-27-48(36(3)4)53(49(28-39)37(5)6)38-16-15-17-42(26-38)57-24-25-58(34-57)43-29-41(55(10,11)12)30-45(32-43)60-44-20-21-47-46-18-13-14-19-50(46)59(51(47)33-44)52-31-40(22-23-56-52)54(7,8)9/h13-33,35-37H,1-12H3. The van der Waals surface area contributed by atoms with Crippen LogP contribution in [0, 0.1) is 6.33 Å². The molecule has 5 heteroatoms. The van der Waals surface area contributed by atoms with E-state index in [1.807, 2.05) is 6.20 Å². The van der Waals surface area contributed by atoms with E-state index in [1.165, 1.54) is 44.3 Å². The molecular formula is C55H60N4O. The number of ether oxygens (including phenoxy) is 1. The third-order valence-electron chi connectivity index (χ3n) is 11.9. The molecule has 0 saturated heterocycles. The van der Waals surface area contributed by atoms with Crippen molar-refractivity contribution in [3.05, 3.63) is 162 Å². The lowest BCUT2D eigenvalue weighted by molar-refractivity contribution is -0.599. The maximum atomic E-state index is 6.82. The SMILES string of the molecule is CC(C)c1cc(C(C)C)c(-c2cccc(-[n+]3[c-]n(-c4cc(Oc5ccc6c7ccccc7n(-c7cc(C(C)(C)C)ccn7)c6c5)cc(C(C)(C)C)c4)cc3)c2)c(C(C)C)c1. The molecule has 0 N–H and O–H groups in total. The summed E-state index contributed by atoms with van der Waals surface area (Å²) in [6.45, 7) is 27.3. The second-order valence-electron chi connectivity index (χ2n) is 19.5. The summed E-state index contributed by atoms with van der Waals surface area (Å²) in [5.41, 5.74) is 13.4. The van der Waals surface area contributed by atoms with Crippen molar-refractivity contribution in [3.8, 4) is 39.8 Å². The smallest absolute Gasteiger partial charge is 0.268 e. The van der Waals surface area contributed by atoms with Crippen molar-refractivity contribution < 1.29 is 9.30 Å². The number of aromatic nitrogens is 4. The maximum absolute atomic E-state index is 6.82. The van der Waals surface area contributed by atoms with Gasteiger partial charge >= 0.3 is 0 Å². The molecule has 5 aromatic carbocycles. The van der Waals surface area contributed by atoms with Crippen LogP contribution in [0.1, 0.15) is 129 Å². The number of fused-ring (bicyclic) bond motifs is 3. The van der Waals surface area contributed by atoms with Gasteiger partial charge in [0.1, 0.15) is 17.3 Å². The zero-order valence-corrected chi connectivity index (χ0v) is 37.6. The van der Waals surface area contributed by atoms with Gasteiger partial charge in [-0.2, -0.15) is 0 Å². The second-order valence-corrected chi connectivity index (χ2v) is 19.5. The van der Waals surface area contributed by atoms with E-state index in [0.29, 0.717) is 17.8 Å². The molecule has 0 atom stereocenters. The van der Waals surface area contributed by atoms with Gasteiger partial charge in [0.25, 0.3) is 6.33 Å². The van der Waals surface area contributed by atoms with Crippen molar-refractivity contribution in [2.75, 3.05) is 0 Å². The highest BCUT2D eigenvalue weighted by Gasteiger charge is 2.22. The van der Waals surface area contributed by atoms with Crippen molar-refractivity contribution in [2.45, 2.75) is 112 Å². The predicted molar refractivity (Wildman–Crippen MR) is 250 cm³/mol. The number of hydrogen-bond acceptors (Lipinski definition) is 2. The van der Waals surface area contributed by atoms with E-state index in [9.17, 15) is 0 Å². The van der Waals surface area contributed by atoms with Gasteiger partial charge in [-0.15, -0.1) is 0 Å². The Morgan fingerprint density at radius 2 is 1.32 bits per heavy atom. The van der Waals surface area contributed by atoms with Gasteiger partial charge in [-0.25, -0.2) is 4.98 Å². The zero-order chi connectivity index (χ0) is 42.7. The molecule has 8 rings (SSSR count). The Balaban J connectivity index is 1.17. The Bertz CT molecular complexity index is 2820. The van der Waals surface area contributed by atoms with E-state index < -0.39 is 0 Å². The van der Waals surface area contributed by atoms with Crippen LogP contribution in [0.2, 0.25) is 0 Å². The lowest BCUT2D eigenvalue weighted by atomic mass is 9.82. The summed E-state index contributed by atoms with van der Waals surface area (Å²) < 4.78 is 13.2. The second kappa shape index (κ2) is 15.6. The first kappa shape index (κ1) is 40.8. The molecule has 306 valence electrons. The Morgan fingerprint density at radius 3 is 2.00 bits per heavy atom. The first-order valence-corrected chi connectivity index (χ1v) is 21.6. The summed E-state index contributed by atoms with van der Waals surface area (Å²) in [6.07, 6.45) is 9.73. The van der Waals surface area contributed by atoms with Crippen LogP contribution in [0.25, 0.3) is 50.1 Å². The minimum absolute atomic E-state index is 0.00389. The average molecular weight is 793 g/mol. The lowest BCUT2D eigenvalue weighted by Gasteiger charge is -2.23. The summed E-state index contributed by atoms with van der Waals surface area (Å²) in [5.74, 6) is 3.72. The molecule has 0 aliphatic carbocycles.